The largest absolute Gasteiger partial charge is 0.0884 e. The Labute approximate surface area is 186 Å². The molecule has 0 saturated carbocycles. The van der Waals surface area contributed by atoms with Crippen LogP contribution in [0.2, 0.25) is 0 Å². The topological polar surface area (TPSA) is 0 Å². The molecular weight excluding hydrogens is 407 g/mol. The lowest BCUT2D eigenvalue weighted by Crippen LogP contribution is -2.17. The summed E-state index contributed by atoms with van der Waals surface area (Å²) in [7, 11) is 0. The molecular formula is C28H20Cl2. The van der Waals surface area contributed by atoms with Gasteiger partial charge in [0.05, 0.1) is 0 Å². The zero-order valence-corrected chi connectivity index (χ0v) is 18.1. The Morgan fingerprint density at radius 2 is 1.03 bits per heavy atom. The minimum absolute atomic E-state index is 0.129. The maximum atomic E-state index is 6.91. The van der Waals surface area contributed by atoms with Crippen molar-refractivity contribution in [3.63, 3.8) is 0 Å². The fourth-order valence-electron chi connectivity index (χ4n) is 5.54. The lowest BCUT2D eigenvalue weighted by molar-refractivity contribution is 0.476. The summed E-state index contributed by atoms with van der Waals surface area (Å²) < 4.78 is 0. The maximum Gasteiger partial charge on any atom is 0.0265 e. The quantitative estimate of drug-likeness (QED) is 0.300. The molecule has 2 atom stereocenters. The first-order chi connectivity index (χ1) is 14.6. The van der Waals surface area contributed by atoms with E-state index in [1.54, 1.807) is 0 Å². The van der Waals surface area contributed by atoms with E-state index in [1.807, 2.05) is 0 Å². The predicted molar refractivity (Wildman–Crippen MR) is 130 cm³/mol. The molecule has 0 heterocycles. The average molecular weight is 427 g/mol. The maximum absolute atomic E-state index is 6.91. The van der Waals surface area contributed by atoms with Crippen molar-refractivity contribution in [2.24, 2.45) is 5.92 Å². The zero-order chi connectivity index (χ0) is 20.4. The highest BCUT2D eigenvalue weighted by Crippen LogP contribution is 2.55. The highest BCUT2D eigenvalue weighted by Gasteiger charge is 2.39. The van der Waals surface area contributed by atoms with E-state index in [2.05, 4.69) is 91.9 Å². The molecule has 2 unspecified atom stereocenters. The molecule has 0 radical (unpaired) electrons. The molecule has 0 aromatic heterocycles. The van der Waals surface area contributed by atoms with E-state index in [9.17, 15) is 0 Å². The van der Waals surface area contributed by atoms with Crippen molar-refractivity contribution in [2.45, 2.75) is 18.8 Å². The van der Waals surface area contributed by atoms with Crippen molar-refractivity contribution in [1.29, 1.82) is 0 Å². The normalized spacial score (nSPS) is 20.8. The predicted octanol–water partition coefficient (Wildman–Crippen LogP) is 8.68. The summed E-state index contributed by atoms with van der Waals surface area (Å²) in [6.45, 7) is 2.30. The SMILES string of the molecule is CC(C1C(Cl)=Cc2ccc3ccccc3c21)C1C(Cl)=Cc2ccc3ccccc3c21. The van der Waals surface area contributed by atoms with Crippen LogP contribution in [0.15, 0.2) is 82.9 Å². The summed E-state index contributed by atoms with van der Waals surface area (Å²) in [6, 6.07) is 26.0. The second-order valence-corrected chi connectivity index (χ2v) is 9.32. The first kappa shape index (κ1) is 18.2. The highest BCUT2D eigenvalue weighted by molar-refractivity contribution is 6.34. The molecule has 30 heavy (non-hydrogen) atoms. The third kappa shape index (κ3) is 2.54. The van der Waals surface area contributed by atoms with Gasteiger partial charge in [0, 0.05) is 21.9 Å². The minimum atomic E-state index is 0.129. The Balaban J connectivity index is 1.54. The number of halogens is 2. The number of allylic oxidation sites excluding steroid dienone is 2. The third-order valence-electron chi connectivity index (χ3n) is 6.86. The molecule has 0 aliphatic heterocycles. The van der Waals surface area contributed by atoms with E-state index in [0.717, 1.165) is 10.1 Å². The molecule has 0 amide bonds. The molecule has 2 aliphatic carbocycles. The van der Waals surface area contributed by atoms with Gasteiger partial charge in [0.2, 0.25) is 0 Å². The molecule has 2 aliphatic rings. The van der Waals surface area contributed by atoms with Crippen LogP contribution in [-0.2, 0) is 0 Å². The molecule has 0 spiro atoms. The first-order valence-electron chi connectivity index (χ1n) is 10.4. The minimum Gasteiger partial charge on any atom is -0.0884 e. The summed E-state index contributed by atoms with van der Waals surface area (Å²) in [6.07, 6.45) is 4.28. The summed E-state index contributed by atoms with van der Waals surface area (Å²) in [5.74, 6) is 0.492. The Bertz CT molecular complexity index is 1290. The van der Waals surface area contributed by atoms with Gasteiger partial charge in [-0.3, -0.25) is 0 Å². The Kier molecular flexibility index (Phi) is 4.10. The van der Waals surface area contributed by atoms with Crippen LogP contribution in [0.3, 0.4) is 0 Å². The van der Waals surface area contributed by atoms with Crippen molar-refractivity contribution >= 4 is 56.9 Å². The molecule has 0 N–H and O–H groups in total. The van der Waals surface area contributed by atoms with Crippen LogP contribution < -0.4 is 0 Å². The van der Waals surface area contributed by atoms with E-state index >= 15 is 0 Å². The van der Waals surface area contributed by atoms with Crippen LogP contribution >= 0.6 is 23.2 Å². The zero-order valence-electron chi connectivity index (χ0n) is 16.6. The van der Waals surface area contributed by atoms with Gasteiger partial charge in [0.1, 0.15) is 0 Å². The van der Waals surface area contributed by atoms with E-state index in [-0.39, 0.29) is 17.8 Å². The van der Waals surface area contributed by atoms with Gasteiger partial charge in [-0.05, 0) is 61.9 Å². The third-order valence-corrected chi connectivity index (χ3v) is 7.55. The van der Waals surface area contributed by atoms with E-state index in [0.29, 0.717) is 0 Å². The number of hydrogen-bond donors (Lipinski definition) is 0. The Hall–Kier alpha value is -2.54. The lowest BCUT2D eigenvalue weighted by Gasteiger charge is -2.30. The van der Waals surface area contributed by atoms with Gasteiger partial charge in [-0.25, -0.2) is 0 Å². The van der Waals surface area contributed by atoms with Gasteiger partial charge in [0.25, 0.3) is 0 Å². The first-order valence-corrected chi connectivity index (χ1v) is 11.2. The van der Waals surface area contributed by atoms with Gasteiger partial charge < -0.3 is 0 Å². The fraction of sp³-hybridized carbons (Fsp3) is 0.143. The van der Waals surface area contributed by atoms with Crippen molar-refractivity contribution in [1.82, 2.24) is 0 Å². The summed E-state index contributed by atoms with van der Waals surface area (Å²) in [5, 5.41) is 6.91. The van der Waals surface area contributed by atoms with Crippen LogP contribution in [0.25, 0.3) is 33.7 Å². The van der Waals surface area contributed by atoms with Crippen LogP contribution in [0.5, 0.6) is 0 Å². The molecule has 146 valence electrons. The second kappa shape index (κ2) is 6.74. The highest BCUT2D eigenvalue weighted by atomic mass is 35.5. The van der Waals surface area contributed by atoms with Crippen LogP contribution in [0, 0.1) is 5.92 Å². The Morgan fingerprint density at radius 3 is 1.50 bits per heavy atom. The van der Waals surface area contributed by atoms with Crippen molar-refractivity contribution in [3.05, 3.63) is 105 Å². The van der Waals surface area contributed by atoms with E-state index in [4.69, 9.17) is 23.2 Å². The van der Waals surface area contributed by atoms with Crippen LogP contribution in [0.1, 0.15) is 41.0 Å². The summed E-state index contributed by atoms with van der Waals surface area (Å²) in [4.78, 5) is 0. The second-order valence-electron chi connectivity index (χ2n) is 8.45. The van der Waals surface area contributed by atoms with Gasteiger partial charge in [0.15, 0.2) is 0 Å². The van der Waals surface area contributed by atoms with Crippen molar-refractivity contribution < 1.29 is 0 Å². The monoisotopic (exact) mass is 426 g/mol. The summed E-state index contributed by atoms with van der Waals surface area (Å²) in [5.41, 5.74) is 5.13. The number of hydrogen-bond acceptors (Lipinski definition) is 0. The number of fused-ring (bicyclic) bond motifs is 6. The summed E-state index contributed by atoms with van der Waals surface area (Å²) >= 11 is 13.8. The van der Waals surface area contributed by atoms with Gasteiger partial charge in [-0.2, -0.15) is 0 Å². The average Bonchev–Trinajstić information content (AvgIpc) is 3.29. The molecule has 0 fully saturated rings. The fourth-order valence-corrected chi connectivity index (χ4v) is 6.39. The number of rotatable bonds is 2. The Morgan fingerprint density at radius 1 is 0.600 bits per heavy atom. The molecule has 2 heteroatoms. The smallest absolute Gasteiger partial charge is 0.0265 e. The van der Waals surface area contributed by atoms with Gasteiger partial charge >= 0.3 is 0 Å². The van der Waals surface area contributed by atoms with Crippen molar-refractivity contribution in [3.8, 4) is 0 Å². The molecule has 0 bridgehead atoms. The standard InChI is InChI=1S/C28H20Cl2/c1-16(25-23(29)14-19-12-10-17-6-2-4-8-21(17)27(19)25)26-24(30)15-20-13-11-18-7-3-5-9-22(18)28(20)26/h2-16,25-26H,1H3. The van der Waals surface area contributed by atoms with Gasteiger partial charge in [-0.15, -0.1) is 0 Å². The van der Waals surface area contributed by atoms with Crippen molar-refractivity contribution in [2.75, 3.05) is 0 Å². The number of benzene rings is 4. The molecule has 0 nitrogen and oxygen atoms in total. The van der Waals surface area contributed by atoms with E-state index in [1.165, 1.54) is 43.8 Å². The molecule has 4 aromatic rings. The lowest BCUT2D eigenvalue weighted by atomic mass is 9.75. The van der Waals surface area contributed by atoms with Crippen LogP contribution in [-0.4, -0.2) is 0 Å². The van der Waals surface area contributed by atoms with Gasteiger partial charge in [-0.1, -0.05) is 103 Å². The molecule has 6 rings (SSSR count). The van der Waals surface area contributed by atoms with Crippen LogP contribution in [0.4, 0.5) is 0 Å². The molecule has 4 aromatic carbocycles. The van der Waals surface area contributed by atoms with E-state index < -0.39 is 0 Å². The molecule has 0 saturated heterocycles.